The van der Waals surface area contributed by atoms with Gasteiger partial charge in [-0.2, -0.15) is 0 Å². The maximum absolute atomic E-state index is 8.98. The normalized spacial score (nSPS) is 12.5. The van der Waals surface area contributed by atoms with Crippen molar-refractivity contribution >= 4 is 11.3 Å². The molecule has 0 amide bonds. The largest absolute Gasteiger partial charge is 0.396 e. The summed E-state index contributed by atoms with van der Waals surface area (Å²) in [6, 6.07) is 10.3. The van der Waals surface area contributed by atoms with Crippen molar-refractivity contribution in [1.29, 1.82) is 0 Å². The van der Waals surface area contributed by atoms with Crippen LogP contribution in [-0.2, 0) is 6.54 Å². The van der Waals surface area contributed by atoms with E-state index in [1.54, 1.807) is 11.3 Å². The smallest absolute Gasteiger partial charge is 0.107 e. The zero-order chi connectivity index (χ0) is 14.2. The van der Waals surface area contributed by atoms with Crippen LogP contribution in [0.5, 0.6) is 0 Å². The van der Waals surface area contributed by atoms with Crippen LogP contribution in [0, 0.1) is 5.92 Å². The van der Waals surface area contributed by atoms with Crippen molar-refractivity contribution in [3.05, 3.63) is 40.7 Å². The van der Waals surface area contributed by atoms with E-state index in [-0.39, 0.29) is 6.61 Å². The number of hydrogen-bond acceptors (Lipinski definition) is 4. The van der Waals surface area contributed by atoms with Crippen LogP contribution >= 0.6 is 11.3 Å². The first kappa shape index (κ1) is 15.2. The number of thiazole rings is 1. The minimum absolute atomic E-state index is 0.273. The molecule has 0 saturated heterocycles. The molecule has 0 aliphatic rings. The van der Waals surface area contributed by atoms with E-state index < -0.39 is 0 Å². The number of aliphatic hydroxyl groups is 1. The summed E-state index contributed by atoms with van der Waals surface area (Å²) < 4.78 is 0. The summed E-state index contributed by atoms with van der Waals surface area (Å²) in [6.07, 6.45) is 1.97. The second-order valence-corrected chi connectivity index (χ2v) is 5.85. The molecule has 1 atom stereocenters. The lowest BCUT2D eigenvalue weighted by molar-refractivity contribution is 0.251. The number of aromatic nitrogens is 1. The van der Waals surface area contributed by atoms with Gasteiger partial charge in [-0.05, 0) is 18.9 Å². The summed E-state index contributed by atoms with van der Waals surface area (Å²) >= 11 is 1.69. The Bertz CT molecular complexity index is 498. The van der Waals surface area contributed by atoms with Crippen LogP contribution in [0.1, 0.15) is 24.8 Å². The van der Waals surface area contributed by atoms with E-state index >= 15 is 0 Å². The number of benzene rings is 1. The third kappa shape index (κ3) is 4.40. The minimum Gasteiger partial charge on any atom is -0.396 e. The first-order valence-corrected chi connectivity index (χ1v) is 8.02. The molecule has 0 saturated carbocycles. The number of hydrogen-bond donors (Lipinski definition) is 2. The lowest BCUT2D eigenvalue weighted by Gasteiger charge is -2.13. The summed E-state index contributed by atoms with van der Waals surface area (Å²) in [7, 11) is 0. The quantitative estimate of drug-likeness (QED) is 0.784. The molecule has 3 nitrogen and oxygen atoms in total. The van der Waals surface area contributed by atoms with Crippen LogP contribution in [0.2, 0.25) is 0 Å². The third-order valence-corrected chi connectivity index (χ3v) is 4.29. The number of nitrogens with zero attached hydrogens (tertiary/aromatic N) is 1. The van der Waals surface area contributed by atoms with Crippen LogP contribution in [0.15, 0.2) is 35.7 Å². The summed E-state index contributed by atoms with van der Waals surface area (Å²) in [4.78, 5) is 4.66. The van der Waals surface area contributed by atoms with Crippen molar-refractivity contribution in [3.63, 3.8) is 0 Å². The zero-order valence-electron chi connectivity index (χ0n) is 11.9. The zero-order valence-corrected chi connectivity index (χ0v) is 12.7. The van der Waals surface area contributed by atoms with E-state index in [0.29, 0.717) is 5.92 Å². The van der Waals surface area contributed by atoms with Crippen molar-refractivity contribution in [2.75, 3.05) is 13.2 Å². The van der Waals surface area contributed by atoms with Crippen molar-refractivity contribution in [2.45, 2.75) is 26.3 Å². The lowest BCUT2D eigenvalue weighted by atomic mass is 10.0. The second kappa shape index (κ2) is 8.15. The van der Waals surface area contributed by atoms with Crippen LogP contribution in [0.3, 0.4) is 0 Å². The summed E-state index contributed by atoms with van der Waals surface area (Å²) in [6.45, 7) is 4.19. The molecular weight excluding hydrogens is 268 g/mol. The van der Waals surface area contributed by atoms with E-state index in [4.69, 9.17) is 5.11 Å². The van der Waals surface area contributed by atoms with Gasteiger partial charge in [-0.1, -0.05) is 43.7 Å². The Morgan fingerprint density at radius 2 is 2.10 bits per heavy atom. The van der Waals surface area contributed by atoms with Crippen LogP contribution in [0.25, 0.3) is 11.3 Å². The molecule has 1 heterocycles. The van der Waals surface area contributed by atoms with Gasteiger partial charge in [0.25, 0.3) is 0 Å². The predicted molar refractivity (Wildman–Crippen MR) is 84.7 cm³/mol. The molecule has 2 N–H and O–H groups in total. The summed E-state index contributed by atoms with van der Waals surface area (Å²) in [5.74, 6) is 0.550. The van der Waals surface area contributed by atoms with Crippen molar-refractivity contribution in [2.24, 2.45) is 5.92 Å². The van der Waals surface area contributed by atoms with E-state index in [1.807, 2.05) is 18.2 Å². The molecule has 0 bridgehead atoms. The monoisotopic (exact) mass is 290 g/mol. The van der Waals surface area contributed by atoms with E-state index in [2.05, 4.69) is 34.7 Å². The molecule has 0 spiro atoms. The molecule has 20 heavy (non-hydrogen) atoms. The van der Waals surface area contributed by atoms with Gasteiger partial charge in [-0.25, -0.2) is 4.98 Å². The molecule has 0 radical (unpaired) electrons. The van der Waals surface area contributed by atoms with Crippen LogP contribution in [0.4, 0.5) is 0 Å². The molecule has 108 valence electrons. The minimum atomic E-state index is 0.273. The van der Waals surface area contributed by atoms with Crippen molar-refractivity contribution < 1.29 is 5.11 Å². The fraction of sp³-hybridized carbons (Fsp3) is 0.438. The fourth-order valence-electron chi connectivity index (χ4n) is 2.15. The standard InChI is InChI=1S/C16H22N2OS/c1-2-13(8-9-19)10-17-11-16-18-15(12-20-16)14-6-4-3-5-7-14/h3-7,12-13,17,19H,2,8-11H2,1H3. The SMILES string of the molecule is CCC(CCO)CNCc1nc(-c2ccccc2)cs1. The Kier molecular flexibility index (Phi) is 6.18. The average molecular weight is 290 g/mol. The van der Waals surface area contributed by atoms with Gasteiger partial charge in [0.2, 0.25) is 0 Å². The predicted octanol–water partition coefficient (Wildman–Crippen LogP) is 3.31. The summed E-state index contributed by atoms with van der Waals surface area (Å²) in [5, 5.41) is 15.6. The van der Waals surface area contributed by atoms with Gasteiger partial charge in [-0.3, -0.25) is 0 Å². The molecule has 1 unspecified atom stereocenters. The Labute approximate surface area is 124 Å². The second-order valence-electron chi connectivity index (χ2n) is 4.91. The van der Waals surface area contributed by atoms with Crippen LogP contribution < -0.4 is 5.32 Å². The van der Waals surface area contributed by atoms with Crippen molar-refractivity contribution in [3.8, 4) is 11.3 Å². The van der Waals surface area contributed by atoms with Gasteiger partial charge in [0.05, 0.1) is 5.69 Å². The van der Waals surface area contributed by atoms with Crippen molar-refractivity contribution in [1.82, 2.24) is 10.3 Å². The molecule has 1 aromatic carbocycles. The highest BCUT2D eigenvalue weighted by Crippen LogP contribution is 2.21. The van der Waals surface area contributed by atoms with E-state index in [9.17, 15) is 0 Å². The molecule has 0 fully saturated rings. The molecule has 1 aromatic heterocycles. The van der Waals surface area contributed by atoms with Gasteiger partial charge >= 0.3 is 0 Å². The fourth-order valence-corrected chi connectivity index (χ4v) is 2.92. The number of rotatable bonds is 8. The Morgan fingerprint density at radius 1 is 1.30 bits per heavy atom. The van der Waals surface area contributed by atoms with Gasteiger partial charge in [-0.15, -0.1) is 11.3 Å². The molecule has 2 rings (SSSR count). The first-order valence-electron chi connectivity index (χ1n) is 7.15. The van der Waals surface area contributed by atoms with E-state index in [1.165, 1.54) is 5.56 Å². The molecule has 4 heteroatoms. The van der Waals surface area contributed by atoms with Crippen LogP contribution in [-0.4, -0.2) is 23.2 Å². The maximum atomic E-state index is 8.98. The molecule has 0 aliphatic heterocycles. The van der Waals surface area contributed by atoms with Gasteiger partial charge in [0, 0.05) is 24.1 Å². The van der Waals surface area contributed by atoms with Gasteiger partial charge in [0.1, 0.15) is 5.01 Å². The maximum Gasteiger partial charge on any atom is 0.107 e. The lowest BCUT2D eigenvalue weighted by Crippen LogP contribution is -2.22. The average Bonchev–Trinajstić information content (AvgIpc) is 2.96. The first-order chi connectivity index (χ1) is 9.83. The molecule has 0 aliphatic carbocycles. The number of aliphatic hydroxyl groups excluding tert-OH is 1. The highest BCUT2D eigenvalue weighted by molar-refractivity contribution is 7.09. The highest BCUT2D eigenvalue weighted by Gasteiger charge is 2.07. The highest BCUT2D eigenvalue weighted by atomic mass is 32.1. The van der Waals surface area contributed by atoms with Gasteiger partial charge < -0.3 is 10.4 Å². The Hall–Kier alpha value is -1.23. The Morgan fingerprint density at radius 3 is 2.80 bits per heavy atom. The third-order valence-electron chi connectivity index (χ3n) is 3.45. The molecular formula is C16H22N2OS. The number of nitrogens with one attached hydrogen (secondary N) is 1. The Balaban J connectivity index is 1.84. The summed E-state index contributed by atoms with van der Waals surface area (Å²) in [5.41, 5.74) is 2.22. The van der Waals surface area contributed by atoms with Gasteiger partial charge in [0.15, 0.2) is 0 Å². The van der Waals surface area contributed by atoms with E-state index in [0.717, 1.165) is 36.6 Å². The molecule has 2 aromatic rings. The topological polar surface area (TPSA) is 45.1 Å².